The number of hydrogen-bond acceptors (Lipinski definition) is 12. The average Bonchev–Trinajstić information content (AvgIpc) is 3.60. The number of nitrogens with zero attached hydrogens (tertiary/aromatic N) is 10. The number of aromatic carboxylic acids is 1. The second-order valence-corrected chi connectivity index (χ2v) is 13.2. The number of carboxylic acid groups (broad SMARTS) is 1. The van der Waals surface area contributed by atoms with Crippen molar-refractivity contribution in [3.8, 4) is 11.8 Å². The number of likely N-dealkylation sites (N-methyl/N-ethyl adjacent to an activating group) is 3. The number of carbonyl (C=O) groups is 4. The van der Waals surface area contributed by atoms with Crippen molar-refractivity contribution in [1.29, 1.82) is 5.26 Å². The van der Waals surface area contributed by atoms with Crippen LogP contribution < -0.4 is 4.90 Å². The SMILES string of the molecule is Cc1cc(COC(=O)N(C)CCN(C)C(=O)n2ccc3c(N(C)[C@H]4CN(C(=O)CC#N)CC[C@H]4C)ncnc32)ccc1N=Nc1ccc(O)c(C(=O)O)c1. The summed E-state index contributed by atoms with van der Waals surface area (Å²) in [5.74, 6) is -0.949. The van der Waals surface area contributed by atoms with Gasteiger partial charge in [0.05, 0.1) is 28.9 Å². The largest absolute Gasteiger partial charge is 0.507 e. The van der Waals surface area contributed by atoms with Crippen LogP contribution in [0.1, 0.15) is 41.3 Å². The second-order valence-electron chi connectivity index (χ2n) is 13.2. The molecule has 0 aliphatic carbocycles. The van der Waals surface area contributed by atoms with Crippen LogP contribution in [-0.2, 0) is 16.1 Å². The highest BCUT2D eigenvalue weighted by atomic mass is 16.6. The Kier molecular flexibility index (Phi) is 12.1. The highest BCUT2D eigenvalue weighted by molar-refractivity contribution is 5.95. The van der Waals surface area contributed by atoms with Gasteiger partial charge in [0, 0.05) is 53.5 Å². The highest BCUT2D eigenvalue weighted by Crippen LogP contribution is 2.30. The first-order valence-corrected chi connectivity index (χ1v) is 17.2. The molecule has 4 aromatic rings. The Bertz CT molecular complexity index is 2130. The van der Waals surface area contributed by atoms with Crippen LogP contribution in [0.5, 0.6) is 5.75 Å². The van der Waals surface area contributed by atoms with Crippen LogP contribution in [0.3, 0.4) is 0 Å². The Balaban J connectivity index is 1.15. The molecule has 54 heavy (non-hydrogen) atoms. The van der Waals surface area contributed by atoms with Gasteiger partial charge in [-0.2, -0.15) is 15.5 Å². The number of piperidine rings is 1. The van der Waals surface area contributed by atoms with Gasteiger partial charge in [0.15, 0.2) is 5.65 Å². The van der Waals surface area contributed by atoms with E-state index < -0.39 is 12.1 Å². The Morgan fingerprint density at radius 3 is 2.52 bits per heavy atom. The molecular weight excluding hydrogens is 696 g/mol. The van der Waals surface area contributed by atoms with Crippen molar-refractivity contribution < 1.29 is 34.1 Å². The van der Waals surface area contributed by atoms with Crippen molar-refractivity contribution in [2.45, 2.75) is 39.3 Å². The Labute approximate surface area is 311 Å². The van der Waals surface area contributed by atoms with Crippen molar-refractivity contribution in [2.75, 3.05) is 52.2 Å². The number of ether oxygens (including phenoxy) is 1. The molecule has 2 aromatic heterocycles. The quantitative estimate of drug-likeness (QED) is 0.188. The molecule has 0 bridgehead atoms. The van der Waals surface area contributed by atoms with Gasteiger partial charge in [-0.1, -0.05) is 19.1 Å². The molecule has 3 heterocycles. The number of hydrogen-bond donors (Lipinski definition) is 2. The van der Waals surface area contributed by atoms with Gasteiger partial charge in [0.25, 0.3) is 0 Å². The summed E-state index contributed by atoms with van der Waals surface area (Å²) in [5.41, 5.74) is 2.40. The normalized spacial score (nSPS) is 15.5. The number of aryl methyl sites for hydroxylation is 1. The van der Waals surface area contributed by atoms with Gasteiger partial charge in [-0.3, -0.25) is 9.36 Å². The molecule has 2 atom stereocenters. The van der Waals surface area contributed by atoms with Gasteiger partial charge in [0.1, 0.15) is 36.5 Å². The molecule has 2 aromatic carbocycles. The van der Waals surface area contributed by atoms with E-state index >= 15 is 0 Å². The van der Waals surface area contributed by atoms with Crippen molar-refractivity contribution in [3.63, 3.8) is 0 Å². The first kappa shape index (κ1) is 38.7. The lowest BCUT2D eigenvalue weighted by atomic mass is 9.92. The first-order valence-electron chi connectivity index (χ1n) is 17.2. The van der Waals surface area contributed by atoms with Gasteiger partial charge in [-0.25, -0.2) is 24.4 Å². The highest BCUT2D eigenvalue weighted by Gasteiger charge is 2.33. The summed E-state index contributed by atoms with van der Waals surface area (Å²) in [6, 6.07) is 12.5. The lowest BCUT2D eigenvalue weighted by molar-refractivity contribution is -0.131. The van der Waals surface area contributed by atoms with Crippen molar-refractivity contribution in [1.82, 2.24) is 29.2 Å². The van der Waals surface area contributed by atoms with E-state index in [2.05, 4.69) is 27.1 Å². The van der Waals surface area contributed by atoms with Crippen LogP contribution in [0, 0.1) is 24.2 Å². The van der Waals surface area contributed by atoms with Crippen molar-refractivity contribution in [2.24, 2.45) is 16.1 Å². The number of benzene rings is 2. The summed E-state index contributed by atoms with van der Waals surface area (Å²) in [5, 5.41) is 36.8. The molecule has 1 aliphatic rings. The zero-order chi connectivity index (χ0) is 39.1. The zero-order valence-electron chi connectivity index (χ0n) is 30.7. The molecule has 5 rings (SSSR count). The smallest absolute Gasteiger partial charge is 0.409 e. The van der Waals surface area contributed by atoms with E-state index in [0.29, 0.717) is 41.2 Å². The summed E-state index contributed by atoms with van der Waals surface area (Å²) >= 11 is 0. The predicted octanol–water partition coefficient (Wildman–Crippen LogP) is 5.31. The minimum Gasteiger partial charge on any atom is -0.507 e. The average molecular weight is 739 g/mol. The number of phenols is 1. The molecule has 282 valence electrons. The molecule has 17 nitrogen and oxygen atoms in total. The fraction of sp³-hybridized carbons (Fsp3) is 0.378. The van der Waals surface area contributed by atoms with E-state index in [1.807, 2.05) is 24.9 Å². The molecule has 1 fully saturated rings. The third kappa shape index (κ3) is 8.72. The third-order valence-electron chi connectivity index (χ3n) is 9.52. The summed E-state index contributed by atoms with van der Waals surface area (Å²) in [6.07, 6.45) is 3.10. The number of carboxylic acids is 1. The summed E-state index contributed by atoms with van der Waals surface area (Å²) in [4.78, 5) is 65.6. The molecule has 3 amide bonds. The van der Waals surface area contributed by atoms with E-state index in [1.165, 1.54) is 38.9 Å². The number of fused-ring (bicyclic) bond motifs is 1. The van der Waals surface area contributed by atoms with E-state index in [-0.39, 0.29) is 67.0 Å². The van der Waals surface area contributed by atoms with Crippen LogP contribution in [-0.4, -0.2) is 117 Å². The lowest BCUT2D eigenvalue weighted by Gasteiger charge is -2.42. The molecule has 0 unspecified atom stereocenters. The van der Waals surface area contributed by atoms with E-state index in [1.54, 1.807) is 49.5 Å². The predicted molar refractivity (Wildman–Crippen MR) is 197 cm³/mol. The number of likely N-dealkylation sites (tertiary alicyclic amines) is 1. The van der Waals surface area contributed by atoms with Crippen LogP contribution in [0.15, 0.2) is 65.2 Å². The maximum Gasteiger partial charge on any atom is 0.409 e. The van der Waals surface area contributed by atoms with Crippen LogP contribution in [0.4, 0.5) is 26.8 Å². The number of amides is 3. The van der Waals surface area contributed by atoms with Gasteiger partial charge in [0.2, 0.25) is 5.91 Å². The van der Waals surface area contributed by atoms with Crippen molar-refractivity contribution in [3.05, 3.63) is 71.7 Å². The molecule has 1 aliphatic heterocycles. The topological polar surface area (TPSA) is 210 Å². The molecule has 1 saturated heterocycles. The number of aromatic nitrogens is 3. The van der Waals surface area contributed by atoms with E-state index in [0.717, 1.165) is 12.0 Å². The molecule has 0 radical (unpaired) electrons. The van der Waals surface area contributed by atoms with Crippen LogP contribution in [0.25, 0.3) is 11.0 Å². The lowest BCUT2D eigenvalue weighted by Crippen LogP contribution is -2.52. The van der Waals surface area contributed by atoms with Gasteiger partial charge >= 0.3 is 18.1 Å². The summed E-state index contributed by atoms with van der Waals surface area (Å²) in [6.45, 7) is 5.40. The number of anilines is 1. The van der Waals surface area contributed by atoms with Gasteiger partial charge in [-0.15, -0.1) is 0 Å². The van der Waals surface area contributed by atoms with E-state index in [9.17, 15) is 29.4 Å². The third-order valence-corrected chi connectivity index (χ3v) is 9.52. The Morgan fingerprint density at radius 1 is 1.04 bits per heavy atom. The fourth-order valence-corrected chi connectivity index (χ4v) is 6.20. The fourth-order valence-electron chi connectivity index (χ4n) is 6.20. The summed E-state index contributed by atoms with van der Waals surface area (Å²) < 4.78 is 6.93. The van der Waals surface area contributed by atoms with Crippen LogP contribution in [0.2, 0.25) is 0 Å². The minimum absolute atomic E-state index is 0.00414. The molecular formula is C37H42N10O7. The molecule has 0 saturated carbocycles. The molecule has 0 spiro atoms. The summed E-state index contributed by atoms with van der Waals surface area (Å²) in [7, 11) is 5.12. The number of nitriles is 1. The molecule has 2 N–H and O–H groups in total. The Morgan fingerprint density at radius 2 is 1.80 bits per heavy atom. The number of rotatable bonds is 11. The standard InChI is InChI=1S/C37H42N10O7/c1-23-11-14-46(32(49)10-13-38)20-30(23)45(5)33-27-12-15-47(34(27)40-22-39-33)36(52)43(3)16-17-44(4)37(53)54-21-25-6-8-29(24(2)18-25)42-41-26-7-9-31(48)28(19-26)35(50)51/h6-9,12,15,18-19,22-23,30,48H,10-11,14,16-17,20-21H2,1-5H3,(H,50,51)/t23-,30+/m1/s1. The number of aromatic hydroxyl groups is 1. The zero-order valence-corrected chi connectivity index (χ0v) is 30.7. The Hall–Kier alpha value is -6.57. The number of azo groups is 1. The van der Waals surface area contributed by atoms with Gasteiger partial charge < -0.3 is 34.5 Å². The van der Waals surface area contributed by atoms with E-state index in [4.69, 9.17) is 10.00 Å². The molecule has 17 heteroatoms. The van der Waals surface area contributed by atoms with Crippen LogP contribution >= 0.6 is 0 Å². The first-order chi connectivity index (χ1) is 25.8. The van der Waals surface area contributed by atoms with Gasteiger partial charge in [-0.05, 0) is 60.7 Å². The monoisotopic (exact) mass is 738 g/mol. The minimum atomic E-state index is -1.28. The maximum absolute atomic E-state index is 13.5. The maximum atomic E-state index is 13.5. The number of carbonyl (C=O) groups excluding carboxylic acids is 3. The van der Waals surface area contributed by atoms with Crippen molar-refractivity contribution >= 4 is 52.2 Å². The second kappa shape index (κ2) is 16.8.